The minimum Gasteiger partial charge on any atom is -0.310 e. The van der Waals surface area contributed by atoms with Crippen LogP contribution in [0.5, 0.6) is 0 Å². The summed E-state index contributed by atoms with van der Waals surface area (Å²) < 4.78 is 3.63. The molecule has 1 aliphatic rings. The van der Waals surface area contributed by atoms with Crippen molar-refractivity contribution in [2.24, 2.45) is 0 Å². The summed E-state index contributed by atoms with van der Waals surface area (Å²) in [6, 6.07) is 11.2. The van der Waals surface area contributed by atoms with Crippen LogP contribution in [0.3, 0.4) is 0 Å². The van der Waals surface area contributed by atoms with Crippen LogP contribution in [0.15, 0.2) is 47.1 Å². The predicted octanol–water partition coefficient (Wildman–Crippen LogP) is 3.91. The van der Waals surface area contributed by atoms with E-state index in [1.807, 2.05) is 24.3 Å². The molecule has 1 heterocycles. The molecule has 3 rings (SSSR count). The third kappa shape index (κ3) is 3.72. The number of amides is 2. The number of benzene rings is 1. The Balaban J connectivity index is 1.74. The second-order valence-corrected chi connectivity index (χ2v) is 7.49. The highest BCUT2D eigenvalue weighted by Crippen LogP contribution is 2.44. The molecule has 0 unspecified atom stereocenters. The van der Waals surface area contributed by atoms with Crippen LogP contribution in [0.4, 0.5) is 5.82 Å². The first-order valence-electron chi connectivity index (χ1n) is 7.92. The molecule has 1 aromatic carbocycles. The van der Waals surface area contributed by atoms with Crippen molar-refractivity contribution < 1.29 is 9.59 Å². The summed E-state index contributed by atoms with van der Waals surface area (Å²) in [6.45, 7) is 0. The number of halogens is 1. The molecule has 0 bridgehead atoms. The third-order valence-electron chi connectivity index (χ3n) is 4.50. The second-order valence-electron chi connectivity index (χ2n) is 5.96. The molecule has 2 amide bonds. The number of rotatable bonds is 5. The van der Waals surface area contributed by atoms with Crippen molar-refractivity contribution in [3.63, 3.8) is 0 Å². The van der Waals surface area contributed by atoms with Gasteiger partial charge in [0.1, 0.15) is 5.82 Å². The Labute approximate surface area is 159 Å². The Kier molecular flexibility index (Phi) is 5.44. The third-order valence-corrected chi connectivity index (χ3v) is 5.42. The van der Waals surface area contributed by atoms with Gasteiger partial charge in [0.2, 0.25) is 5.91 Å². The van der Waals surface area contributed by atoms with Gasteiger partial charge in [0.25, 0.3) is 5.91 Å². The Morgan fingerprint density at radius 1 is 1.16 bits per heavy atom. The highest BCUT2D eigenvalue weighted by Gasteiger charge is 2.45. The lowest BCUT2D eigenvalue weighted by atomic mass is 9.64. The zero-order chi connectivity index (χ0) is 17.9. The van der Waals surface area contributed by atoms with Crippen molar-refractivity contribution in [3.8, 4) is 0 Å². The number of nitrogens with one attached hydrogen (secondary N) is 2. The molecule has 0 aliphatic heterocycles. The minimum atomic E-state index is -0.489. The van der Waals surface area contributed by atoms with Crippen molar-refractivity contribution in [1.29, 1.82) is 0 Å². The van der Waals surface area contributed by atoms with Gasteiger partial charge in [-0.1, -0.05) is 46.4 Å². The van der Waals surface area contributed by atoms with Gasteiger partial charge in [-0.2, -0.15) is 0 Å². The first-order valence-corrected chi connectivity index (χ1v) is 9.94. The predicted molar refractivity (Wildman–Crippen MR) is 104 cm³/mol. The number of hydrogen-bond donors (Lipinski definition) is 2. The molecule has 1 aliphatic carbocycles. The van der Waals surface area contributed by atoms with Gasteiger partial charge in [0.05, 0.1) is 11.0 Å². The van der Waals surface area contributed by atoms with Gasteiger partial charge in [0, 0.05) is 16.9 Å². The fourth-order valence-corrected chi connectivity index (χ4v) is 3.50. The van der Waals surface area contributed by atoms with Crippen molar-refractivity contribution >= 4 is 45.5 Å². The van der Waals surface area contributed by atoms with E-state index in [9.17, 15) is 9.59 Å². The van der Waals surface area contributed by atoms with Crippen molar-refractivity contribution in [2.45, 2.75) is 24.7 Å². The lowest BCUT2D eigenvalue weighted by Crippen LogP contribution is -2.46. The van der Waals surface area contributed by atoms with Crippen LogP contribution in [-0.2, 0) is 10.2 Å². The number of pyridine rings is 1. The summed E-state index contributed by atoms with van der Waals surface area (Å²) in [6.07, 6.45) is 5.93. The van der Waals surface area contributed by atoms with Crippen LogP contribution in [-0.4, -0.2) is 23.1 Å². The maximum atomic E-state index is 12.9. The fraction of sp³-hybridized carbons (Fsp3) is 0.278. The van der Waals surface area contributed by atoms with Crippen molar-refractivity contribution in [1.82, 2.24) is 9.71 Å². The molecule has 1 saturated carbocycles. The van der Waals surface area contributed by atoms with Crippen LogP contribution in [0.25, 0.3) is 0 Å². The van der Waals surface area contributed by atoms with Gasteiger partial charge in [-0.25, -0.2) is 4.98 Å². The number of anilines is 1. The van der Waals surface area contributed by atoms with Gasteiger partial charge in [-0.3, -0.25) is 14.3 Å². The molecule has 5 nitrogen and oxygen atoms in total. The lowest BCUT2D eigenvalue weighted by Gasteiger charge is -2.40. The number of hydrogen-bond acceptors (Lipinski definition) is 4. The molecule has 25 heavy (non-hydrogen) atoms. The zero-order valence-corrected chi connectivity index (χ0v) is 16.1. The average Bonchev–Trinajstić information content (AvgIpc) is 2.56. The van der Waals surface area contributed by atoms with Crippen LogP contribution >= 0.6 is 27.9 Å². The van der Waals surface area contributed by atoms with E-state index < -0.39 is 5.41 Å². The molecule has 0 spiro atoms. The first kappa shape index (κ1) is 17.9. The highest BCUT2D eigenvalue weighted by molar-refractivity contribution is 9.10. The number of nitrogens with zero attached hydrogens (tertiary/aromatic N) is 1. The summed E-state index contributed by atoms with van der Waals surface area (Å²) >= 11 is 4.66. The van der Waals surface area contributed by atoms with Gasteiger partial charge in [0.15, 0.2) is 0 Å². The van der Waals surface area contributed by atoms with E-state index in [0.29, 0.717) is 11.4 Å². The topological polar surface area (TPSA) is 71.1 Å². The van der Waals surface area contributed by atoms with Gasteiger partial charge >= 0.3 is 0 Å². The molecular weight excluding hydrogens is 402 g/mol. The Morgan fingerprint density at radius 3 is 2.40 bits per heavy atom. The Bertz CT molecular complexity index is 774. The van der Waals surface area contributed by atoms with Crippen LogP contribution in [0.1, 0.15) is 35.2 Å². The molecule has 1 fully saturated rings. The molecule has 0 radical (unpaired) electrons. The van der Waals surface area contributed by atoms with E-state index in [-0.39, 0.29) is 11.8 Å². The average molecular weight is 420 g/mol. The fourth-order valence-electron chi connectivity index (χ4n) is 2.94. The van der Waals surface area contributed by atoms with Crippen molar-refractivity contribution in [2.75, 3.05) is 11.6 Å². The minimum absolute atomic E-state index is 0.0464. The smallest absolute Gasteiger partial charge is 0.262 e. The molecule has 7 heteroatoms. The standard InChI is InChI=1S/C18H18BrN3O2S/c1-25-22-16(23)12-3-8-15(20-11-12)21-17(24)18(9-2-10-18)13-4-6-14(19)7-5-13/h3-8,11H,2,9-10H2,1H3,(H,22,23)(H,20,21,24). The number of carbonyl (C=O) groups is 2. The molecule has 1 aromatic heterocycles. The van der Waals surface area contributed by atoms with E-state index in [4.69, 9.17) is 0 Å². The zero-order valence-electron chi connectivity index (χ0n) is 13.7. The lowest BCUT2D eigenvalue weighted by molar-refractivity contribution is -0.124. The van der Waals surface area contributed by atoms with Crippen LogP contribution < -0.4 is 10.0 Å². The van der Waals surface area contributed by atoms with Gasteiger partial charge in [-0.05, 0) is 42.7 Å². The maximum absolute atomic E-state index is 12.9. The molecule has 0 atom stereocenters. The highest BCUT2D eigenvalue weighted by atomic mass is 79.9. The molecular formula is C18H18BrN3O2S. The SMILES string of the molecule is CSNC(=O)c1ccc(NC(=O)C2(c3ccc(Br)cc3)CCC2)nc1. The summed E-state index contributed by atoms with van der Waals surface area (Å²) in [5, 5.41) is 2.90. The molecule has 0 saturated heterocycles. The van der Waals surface area contributed by atoms with Gasteiger partial charge < -0.3 is 5.32 Å². The van der Waals surface area contributed by atoms with Gasteiger partial charge in [-0.15, -0.1) is 0 Å². The molecule has 130 valence electrons. The Hall–Kier alpha value is -1.86. The Morgan fingerprint density at radius 2 is 1.88 bits per heavy atom. The summed E-state index contributed by atoms with van der Waals surface area (Å²) in [5.41, 5.74) is 0.992. The number of aromatic nitrogens is 1. The normalized spacial score (nSPS) is 15.1. The van der Waals surface area contributed by atoms with E-state index in [1.54, 1.807) is 18.4 Å². The maximum Gasteiger partial charge on any atom is 0.262 e. The van der Waals surface area contributed by atoms with E-state index in [2.05, 4.69) is 31.0 Å². The summed E-state index contributed by atoms with van der Waals surface area (Å²) in [5.74, 6) is 0.201. The van der Waals surface area contributed by atoms with E-state index >= 15 is 0 Å². The summed E-state index contributed by atoms with van der Waals surface area (Å²) in [7, 11) is 0. The summed E-state index contributed by atoms with van der Waals surface area (Å²) in [4.78, 5) is 28.8. The van der Waals surface area contributed by atoms with Crippen LogP contribution in [0, 0.1) is 0 Å². The largest absolute Gasteiger partial charge is 0.310 e. The quantitative estimate of drug-likeness (QED) is 0.720. The van der Waals surface area contributed by atoms with E-state index in [1.165, 1.54) is 18.1 Å². The monoisotopic (exact) mass is 419 g/mol. The second kappa shape index (κ2) is 7.58. The van der Waals surface area contributed by atoms with Crippen LogP contribution in [0.2, 0.25) is 0 Å². The van der Waals surface area contributed by atoms with E-state index in [0.717, 1.165) is 29.3 Å². The first-order chi connectivity index (χ1) is 12.0. The van der Waals surface area contributed by atoms with Crippen molar-refractivity contribution in [3.05, 3.63) is 58.2 Å². The molecule has 2 N–H and O–H groups in total. The number of carbonyl (C=O) groups excluding carboxylic acids is 2. The molecule has 2 aromatic rings.